The summed E-state index contributed by atoms with van der Waals surface area (Å²) in [5, 5.41) is 10.6. The zero-order valence-electron chi connectivity index (χ0n) is 9.34. The van der Waals surface area contributed by atoms with E-state index in [0.29, 0.717) is 0 Å². The van der Waals surface area contributed by atoms with E-state index in [1.807, 2.05) is 0 Å². The van der Waals surface area contributed by atoms with E-state index in [2.05, 4.69) is 5.32 Å². The molecule has 1 amide bonds. The van der Waals surface area contributed by atoms with Crippen molar-refractivity contribution in [2.45, 2.75) is 0 Å². The molecule has 0 unspecified atom stereocenters. The van der Waals surface area contributed by atoms with Crippen molar-refractivity contribution in [2.75, 3.05) is 13.7 Å². The summed E-state index contributed by atoms with van der Waals surface area (Å²) in [6.07, 6.45) is 2.88. The van der Waals surface area contributed by atoms with Gasteiger partial charge in [-0.15, -0.1) is 0 Å². The van der Waals surface area contributed by atoms with Gasteiger partial charge in [0.25, 0.3) is 0 Å². The monoisotopic (exact) mass is 235 g/mol. The summed E-state index contributed by atoms with van der Waals surface area (Å²) in [6, 6.07) is 7.13. The lowest BCUT2D eigenvalue weighted by atomic mass is 10.2. The Morgan fingerprint density at radius 2 is 2.00 bits per heavy atom. The molecule has 2 N–H and O–H groups in total. The number of aliphatic carboxylic acids is 1. The fourth-order valence-electron chi connectivity index (χ4n) is 1.11. The van der Waals surface area contributed by atoms with Gasteiger partial charge in [0.15, 0.2) is 0 Å². The molecule has 5 nitrogen and oxygen atoms in total. The van der Waals surface area contributed by atoms with Crippen molar-refractivity contribution in [1.29, 1.82) is 0 Å². The minimum absolute atomic E-state index is 0.383. The molecule has 90 valence electrons. The summed E-state index contributed by atoms with van der Waals surface area (Å²) in [6.45, 7) is -0.383. The lowest BCUT2D eigenvalue weighted by Crippen LogP contribution is -2.27. The number of hydrogen-bond donors (Lipinski definition) is 2. The van der Waals surface area contributed by atoms with Gasteiger partial charge in [-0.1, -0.05) is 12.1 Å². The van der Waals surface area contributed by atoms with Crippen LogP contribution in [-0.4, -0.2) is 30.6 Å². The number of benzene rings is 1. The molecule has 0 bridgehead atoms. The molecule has 0 heterocycles. The van der Waals surface area contributed by atoms with Gasteiger partial charge < -0.3 is 15.2 Å². The second-order valence-corrected chi connectivity index (χ2v) is 3.22. The second-order valence-electron chi connectivity index (χ2n) is 3.22. The van der Waals surface area contributed by atoms with Crippen molar-refractivity contribution in [3.8, 4) is 5.75 Å². The molecule has 0 fully saturated rings. The Hall–Kier alpha value is -2.30. The molecule has 1 aromatic rings. The molecule has 5 heteroatoms. The molecule has 0 aromatic heterocycles. The van der Waals surface area contributed by atoms with Gasteiger partial charge in [-0.25, -0.2) is 0 Å². The van der Waals surface area contributed by atoms with Crippen molar-refractivity contribution in [1.82, 2.24) is 5.32 Å². The van der Waals surface area contributed by atoms with Gasteiger partial charge in [-0.3, -0.25) is 9.59 Å². The highest BCUT2D eigenvalue weighted by molar-refractivity contribution is 5.93. The van der Waals surface area contributed by atoms with Gasteiger partial charge in [0.1, 0.15) is 12.3 Å². The number of carboxylic acids is 1. The molecule has 1 aromatic carbocycles. The number of nitrogens with one attached hydrogen (secondary N) is 1. The van der Waals surface area contributed by atoms with Crippen molar-refractivity contribution < 1.29 is 19.4 Å². The number of rotatable bonds is 5. The van der Waals surface area contributed by atoms with Crippen molar-refractivity contribution >= 4 is 18.0 Å². The maximum Gasteiger partial charge on any atom is 0.322 e. The fourth-order valence-corrected chi connectivity index (χ4v) is 1.11. The normalized spacial score (nSPS) is 10.2. The van der Waals surface area contributed by atoms with E-state index in [1.165, 1.54) is 6.08 Å². The molecule has 0 atom stereocenters. The van der Waals surface area contributed by atoms with Crippen LogP contribution in [0.3, 0.4) is 0 Å². The number of amides is 1. The molecule has 0 saturated carbocycles. The Kier molecular flexibility index (Phi) is 4.75. The highest BCUT2D eigenvalue weighted by Gasteiger charge is 1.99. The van der Waals surface area contributed by atoms with Gasteiger partial charge in [0.2, 0.25) is 5.91 Å². The Morgan fingerprint density at radius 1 is 1.35 bits per heavy atom. The topological polar surface area (TPSA) is 75.6 Å². The lowest BCUT2D eigenvalue weighted by molar-refractivity contribution is -0.137. The summed E-state index contributed by atoms with van der Waals surface area (Å²) in [5.41, 5.74) is 0.830. The molecule has 0 aliphatic carbocycles. The van der Waals surface area contributed by atoms with E-state index in [-0.39, 0.29) is 6.54 Å². The number of carboxylic acid groups (broad SMARTS) is 1. The molecule has 0 aliphatic rings. The predicted octanol–water partition coefficient (Wildman–Crippen LogP) is 0.909. The quantitative estimate of drug-likeness (QED) is 0.744. The zero-order chi connectivity index (χ0) is 12.7. The van der Waals surface area contributed by atoms with Gasteiger partial charge in [0, 0.05) is 6.08 Å². The van der Waals surface area contributed by atoms with Gasteiger partial charge >= 0.3 is 5.97 Å². The van der Waals surface area contributed by atoms with Crippen LogP contribution in [-0.2, 0) is 9.59 Å². The summed E-state index contributed by atoms with van der Waals surface area (Å²) in [4.78, 5) is 21.4. The maximum absolute atomic E-state index is 11.2. The van der Waals surface area contributed by atoms with Crippen LogP contribution in [0.5, 0.6) is 5.75 Å². The summed E-state index contributed by atoms with van der Waals surface area (Å²) in [7, 11) is 1.57. The van der Waals surface area contributed by atoms with Gasteiger partial charge in [-0.05, 0) is 23.8 Å². The summed E-state index contributed by atoms with van der Waals surface area (Å²) >= 11 is 0. The standard InChI is InChI=1S/C12H13NO4/c1-17-10-5-2-9(3-6-10)4-7-11(14)13-8-12(15)16/h2-7H,8H2,1H3,(H,13,14)(H,15,16)/b7-4+. The molecule has 0 aliphatic heterocycles. The molecule has 1 rings (SSSR count). The third-order valence-electron chi connectivity index (χ3n) is 1.96. The number of hydrogen-bond acceptors (Lipinski definition) is 3. The molecule has 17 heavy (non-hydrogen) atoms. The first-order chi connectivity index (χ1) is 8.11. The second kappa shape index (κ2) is 6.32. The van der Waals surface area contributed by atoms with Crippen LogP contribution >= 0.6 is 0 Å². The van der Waals surface area contributed by atoms with Crippen LogP contribution in [0.15, 0.2) is 30.3 Å². The van der Waals surface area contributed by atoms with Gasteiger partial charge in [0.05, 0.1) is 7.11 Å². The molecule has 0 radical (unpaired) electrons. The summed E-state index contributed by atoms with van der Waals surface area (Å²) in [5.74, 6) is -0.781. The third-order valence-corrected chi connectivity index (χ3v) is 1.96. The van der Waals surface area contributed by atoms with Crippen molar-refractivity contribution in [3.63, 3.8) is 0 Å². The van der Waals surface area contributed by atoms with Gasteiger partial charge in [-0.2, -0.15) is 0 Å². The van der Waals surface area contributed by atoms with E-state index in [4.69, 9.17) is 9.84 Å². The minimum atomic E-state index is -1.07. The van der Waals surface area contributed by atoms with E-state index >= 15 is 0 Å². The average molecular weight is 235 g/mol. The third kappa shape index (κ3) is 4.83. The first-order valence-electron chi connectivity index (χ1n) is 4.93. The summed E-state index contributed by atoms with van der Waals surface area (Å²) < 4.78 is 4.99. The van der Waals surface area contributed by atoms with Crippen LogP contribution in [0.1, 0.15) is 5.56 Å². The van der Waals surface area contributed by atoms with Crippen LogP contribution < -0.4 is 10.1 Å². The van der Waals surface area contributed by atoms with E-state index in [0.717, 1.165) is 11.3 Å². The Labute approximate surface area is 98.7 Å². The molecular weight excluding hydrogens is 222 g/mol. The largest absolute Gasteiger partial charge is 0.497 e. The van der Waals surface area contributed by atoms with Crippen LogP contribution in [0.4, 0.5) is 0 Å². The maximum atomic E-state index is 11.2. The highest BCUT2D eigenvalue weighted by atomic mass is 16.5. The highest BCUT2D eigenvalue weighted by Crippen LogP contribution is 2.11. The first kappa shape index (κ1) is 12.8. The fraction of sp³-hybridized carbons (Fsp3) is 0.167. The number of carbonyl (C=O) groups is 2. The molecule has 0 saturated heterocycles. The average Bonchev–Trinajstić information content (AvgIpc) is 2.34. The SMILES string of the molecule is COc1ccc(/C=C/C(=O)NCC(=O)O)cc1. The van der Waals surface area contributed by atoms with Crippen LogP contribution in [0.25, 0.3) is 6.08 Å². The Morgan fingerprint density at radius 3 is 2.53 bits per heavy atom. The molecule has 0 spiro atoms. The minimum Gasteiger partial charge on any atom is -0.497 e. The van der Waals surface area contributed by atoms with Crippen molar-refractivity contribution in [2.24, 2.45) is 0 Å². The number of ether oxygens (including phenoxy) is 1. The molecular formula is C12H13NO4. The predicted molar refractivity (Wildman–Crippen MR) is 62.7 cm³/mol. The Bertz CT molecular complexity index is 423. The first-order valence-corrected chi connectivity index (χ1v) is 4.93. The van der Waals surface area contributed by atoms with E-state index in [1.54, 1.807) is 37.5 Å². The smallest absolute Gasteiger partial charge is 0.322 e. The van der Waals surface area contributed by atoms with Crippen molar-refractivity contribution in [3.05, 3.63) is 35.9 Å². The zero-order valence-corrected chi connectivity index (χ0v) is 9.34. The van der Waals surface area contributed by atoms with Crippen LogP contribution in [0.2, 0.25) is 0 Å². The van der Waals surface area contributed by atoms with E-state index < -0.39 is 11.9 Å². The Balaban J connectivity index is 2.51. The number of methoxy groups -OCH3 is 1. The van der Waals surface area contributed by atoms with Crippen LogP contribution in [0, 0.1) is 0 Å². The van der Waals surface area contributed by atoms with E-state index in [9.17, 15) is 9.59 Å². The lowest BCUT2D eigenvalue weighted by Gasteiger charge is -1.99. The number of carbonyl (C=O) groups excluding carboxylic acids is 1.